The number of aromatic amines is 1. The highest BCUT2D eigenvalue weighted by atomic mass is 16.2. The lowest BCUT2D eigenvalue weighted by Crippen LogP contribution is -2.41. The number of likely N-dealkylation sites (tertiary alicyclic amines) is 1. The number of nitrogens with one attached hydrogen (secondary N) is 2. The van der Waals surface area contributed by atoms with Gasteiger partial charge in [0, 0.05) is 41.8 Å². The number of para-hydroxylation sites is 1. The number of fused-ring (bicyclic) bond motifs is 1. The Bertz CT molecular complexity index is 776. The molecule has 0 bridgehead atoms. The van der Waals surface area contributed by atoms with Crippen molar-refractivity contribution in [1.82, 2.24) is 15.2 Å². The average molecular weight is 311 g/mol. The number of rotatable bonds is 4. The largest absolute Gasteiger partial charge is 0.358 e. The third-order valence-corrected chi connectivity index (χ3v) is 4.95. The Kier molecular flexibility index (Phi) is 3.45. The van der Waals surface area contributed by atoms with Crippen molar-refractivity contribution in [1.29, 1.82) is 0 Å². The van der Waals surface area contributed by atoms with Crippen LogP contribution in [0.5, 0.6) is 0 Å². The number of hydrogen-bond acceptors (Lipinski definition) is 3. The highest BCUT2D eigenvalue weighted by molar-refractivity contribution is 6.45. The molecule has 0 radical (unpaired) electrons. The number of aromatic nitrogens is 1. The smallest absolute Gasteiger partial charge is 0.292 e. The minimum atomic E-state index is -0.486. The van der Waals surface area contributed by atoms with Crippen LogP contribution in [0.15, 0.2) is 24.3 Å². The van der Waals surface area contributed by atoms with Crippen LogP contribution in [0.2, 0.25) is 0 Å². The molecule has 1 aromatic heterocycles. The zero-order valence-electron chi connectivity index (χ0n) is 13.3. The number of H-pyrrole nitrogens is 1. The highest BCUT2D eigenvalue weighted by Gasteiger charge is 2.35. The fourth-order valence-electron chi connectivity index (χ4n) is 3.61. The van der Waals surface area contributed by atoms with Crippen LogP contribution in [0.4, 0.5) is 0 Å². The quantitative estimate of drug-likeness (QED) is 0.670. The van der Waals surface area contributed by atoms with Gasteiger partial charge in [0.1, 0.15) is 0 Å². The van der Waals surface area contributed by atoms with Gasteiger partial charge < -0.3 is 10.3 Å². The van der Waals surface area contributed by atoms with Gasteiger partial charge in [0.2, 0.25) is 0 Å². The van der Waals surface area contributed by atoms with Crippen molar-refractivity contribution < 1.29 is 9.59 Å². The first-order valence-corrected chi connectivity index (χ1v) is 8.30. The first-order valence-electron chi connectivity index (χ1n) is 8.30. The lowest BCUT2D eigenvalue weighted by Gasteiger charge is -2.15. The minimum absolute atomic E-state index is 0.0950. The van der Waals surface area contributed by atoms with Gasteiger partial charge in [-0.05, 0) is 32.3 Å². The lowest BCUT2D eigenvalue weighted by atomic mass is 10.1. The molecule has 5 nitrogen and oxygen atoms in total. The van der Waals surface area contributed by atoms with Crippen molar-refractivity contribution in [3.05, 3.63) is 35.5 Å². The van der Waals surface area contributed by atoms with E-state index in [0.717, 1.165) is 36.1 Å². The molecule has 1 saturated heterocycles. The summed E-state index contributed by atoms with van der Waals surface area (Å²) >= 11 is 0. The number of Topliss-reactive ketones (excluding diaryl/α,β-unsaturated/α-hetero) is 1. The highest BCUT2D eigenvalue weighted by Crippen LogP contribution is 2.30. The molecule has 1 aromatic carbocycles. The van der Waals surface area contributed by atoms with Gasteiger partial charge in [-0.2, -0.15) is 0 Å². The van der Waals surface area contributed by atoms with Gasteiger partial charge in [-0.1, -0.05) is 18.2 Å². The normalized spacial score (nSPS) is 21.7. The van der Waals surface area contributed by atoms with Crippen molar-refractivity contribution in [2.24, 2.45) is 0 Å². The van der Waals surface area contributed by atoms with Crippen LogP contribution >= 0.6 is 0 Å². The second-order valence-corrected chi connectivity index (χ2v) is 6.68. The van der Waals surface area contributed by atoms with E-state index in [0.29, 0.717) is 11.6 Å². The molecule has 4 rings (SSSR count). The van der Waals surface area contributed by atoms with Gasteiger partial charge in [-0.15, -0.1) is 0 Å². The predicted octanol–water partition coefficient (Wildman–Crippen LogP) is 2.01. The summed E-state index contributed by atoms with van der Waals surface area (Å²) in [4.78, 5) is 30.6. The van der Waals surface area contributed by atoms with Crippen LogP contribution in [-0.4, -0.2) is 46.7 Å². The Labute approximate surface area is 135 Å². The number of benzene rings is 1. The Morgan fingerprint density at radius 2 is 2.00 bits per heavy atom. The molecule has 5 heteroatoms. The third kappa shape index (κ3) is 2.65. The lowest BCUT2D eigenvalue weighted by molar-refractivity contribution is -0.117. The van der Waals surface area contributed by atoms with Crippen molar-refractivity contribution >= 4 is 22.6 Å². The molecule has 2 aliphatic rings. The van der Waals surface area contributed by atoms with E-state index in [9.17, 15) is 9.59 Å². The number of carbonyl (C=O) groups is 2. The summed E-state index contributed by atoms with van der Waals surface area (Å²) in [6.45, 7) is 3.73. The van der Waals surface area contributed by atoms with Gasteiger partial charge >= 0.3 is 0 Å². The van der Waals surface area contributed by atoms with Crippen molar-refractivity contribution in [2.45, 2.75) is 38.3 Å². The standard InChI is InChI=1S/C18H21N3O2/c1-11-16(14-4-2-3-5-15(14)19-11)17(22)18(23)20-12-8-9-21(10-12)13-6-7-13/h2-5,12-13,19H,6-10H2,1H3,(H,20,23). The van der Waals surface area contributed by atoms with Crippen molar-refractivity contribution in [3.63, 3.8) is 0 Å². The van der Waals surface area contributed by atoms with Crippen LogP contribution < -0.4 is 5.32 Å². The molecular weight excluding hydrogens is 290 g/mol. The zero-order chi connectivity index (χ0) is 16.0. The second kappa shape index (κ2) is 5.49. The molecule has 1 atom stereocenters. The van der Waals surface area contributed by atoms with Gasteiger partial charge in [-0.25, -0.2) is 0 Å². The van der Waals surface area contributed by atoms with E-state index in [1.165, 1.54) is 12.8 Å². The summed E-state index contributed by atoms with van der Waals surface area (Å²) in [7, 11) is 0. The van der Waals surface area contributed by atoms with E-state index in [-0.39, 0.29) is 6.04 Å². The van der Waals surface area contributed by atoms with E-state index in [1.807, 2.05) is 31.2 Å². The van der Waals surface area contributed by atoms with E-state index >= 15 is 0 Å². The van der Waals surface area contributed by atoms with E-state index in [1.54, 1.807) is 0 Å². The summed E-state index contributed by atoms with van der Waals surface area (Å²) in [5.74, 6) is -0.926. The molecule has 1 unspecified atom stereocenters. The Hall–Kier alpha value is -2.14. The molecule has 120 valence electrons. The number of hydrogen-bond donors (Lipinski definition) is 2. The maximum absolute atomic E-state index is 12.6. The first kappa shape index (κ1) is 14.5. The zero-order valence-corrected chi connectivity index (χ0v) is 13.3. The summed E-state index contributed by atoms with van der Waals surface area (Å²) in [6.07, 6.45) is 3.48. The summed E-state index contributed by atoms with van der Waals surface area (Å²) < 4.78 is 0. The number of nitrogens with zero attached hydrogens (tertiary/aromatic N) is 1. The van der Waals surface area contributed by atoms with Crippen LogP contribution in [0.1, 0.15) is 35.3 Å². The van der Waals surface area contributed by atoms with E-state index in [4.69, 9.17) is 0 Å². The Balaban J connectivity index is 1.49. The van der Waals surface area contributed by atoms with E-state index < -0.39 is 11.7 Å². The number of carbonyl (C=O) groups excluding carboxylic acids is 2. The van der Waals surface area contributed by atoms with Gasteiger partial charge in [0.15, 0.2) is 0 Å². The summed E-state index contributed by atoms with van der Waals surface area (Å²) in [6, 6.07) is 8.40. The maximum Gasteiger partial charge on any atom is 0.292 e. The summed E-state index contributed by atoms with van der Waals surface area (Å²) in [5.41, 5.74) is 2.13. The van der Waals surface area contributed by atoms with Gasteiger partial charge in [0.05, 0.1) is 5.56 Å². The molecule has 2 N–H and O–H groups in total. The number of aryl methyl sites for hydroxylation is 1. The number of amides is 1. The van der Waals surface area contributed by atoms with E-state index in [2.05, 4.69) is 15.2 Å². The molecular formula is C18H21N3O2. The molecule has 2 aromatic rings. The van der Waals surface area contributed by atoms with Gasteiger partial charge in [-0.3, -0.25) is 14.5 Å². The first-order chi connectivity index (χ1) is 11.1. The third-order valence-electron chi connectivity index (χ3n) is 4.95. The molecule has 1 amide bonds. The Morgan fingerprint density at radius 1 is 1.22 bits per heavy atom. The average Bonchev–Trinajstić information content (AvgIpc) is 3.19. The van der Waals surface area contributed by atoms with Crippen molar-refractivity contribution in [3.8, 4) is 0 Å². The fourth-order valence-corrected chi connectivity index (χ4v) is 3.61. The molecule has 2 heterocycles. The second-order valence-electron chi connectivity index (χ2n) is 6.68. The van der Waals surface area contributed by atoms with Crippen LogP contribution in [0.3, 0.4) is 0 Å². The van der Waals surface area contributed by atoms with Crippen LogP contribution in [0.25, 0.3) is 10.9 Å². The van der Waals surface area contributed by atoms with Gasteiger partial charge in [0.25, 0.3) is 11.7 Å². The predicted molar refractivity (Wildman–Crippen MR) is 88.5 cm³/mol. The SMILES string of the molecule is Cc1[nH]c2ccccc2c1C(=O)C(=O)NC1CCN(C2CC2)C1. The monoisotopic (exact) mass is 311 g/mol. The molecule has 0 spiro atoms. The minimum Gasteiger partial charge on any atom is -0.358 e. The number of ketones is 1. The molecule has 1 saturated carbocycles. The summed E-state index contributed by atoms with van der Waals surface area (Å²) in [5, 5.41) is 3.74. The fraction of sp³-hybridized carbons (Fsp3) is 0.444. The molecule has 2 fully saturated rings. The molecule has 23 heavy (non-hydrogen) atoms. The van der Waals surface area contributed by atoms with Crippen molar-refractivity contribution in [2.75, 3.05) is 13.1 Å². The molecule has 1 aliphatic heterocycles. The van der Waals surface area contributed by atoms with Crippen LogP contribution in [0, 0.1) is 6.92 Å². The molecule has 1 aliphatic carbocycles. The topological polar surface area (TPSA) is 65.2 Å². The van der Waals surface area contributed by atoms with Crippen LogP contribution in [-0.2, 0) is 4.79 Å². The Morgan fingerprint density at radius 3 is 2.78 bits per heavy atom. The maximum atomic E-state index is 12.6.